The molecule has 1 N–H and O–H groups in total. The van der Waals surface area contributed by atoms with E-state index in [1.54, 1.807) is 13.2 Å². The van der Waals surface area contributed by atoms with Crippen molar-refractivity contribution in [2.45, 2.75) is 32.2 Å². The second-order valence-corrected chi connectivity index (χ2v) is 11.1. The molecule has 0 atom stereocenters. The molecule has 0 bridgehead atoms. The fourth-order valence-corrected chi connectivity index (χ4v) is 5.72. The number of rotatable bonds is 7. The number of hydrogen-bond acceptors (Lipinski definition) is 5. The van der Waals surface area contributed by atoms with Crippen LogP contribution in [-0.4, -0.2) is 58.2 Å². The van der Waals surface area contributed by atoms with Crippen LogP contribution in [0.1, 0.15) is 40.7 Å². The number of anilines is 1. The van der Waals surface area contributed by atoms with E-state index in [0.717, 1.165) is 49.0 Å². The zero-order valence-corrected chi connectivity index (χ0v) is 20.5. The Hall–Kier alpha value is -2.65. The molecule has 4 rings (SSSR count). The van der Waals surface area contributed by atoms with Crippen molar-refractivity contribution in [3.63, 3.8) is 0 Å². The molecular weight excluding hydrogens is 457 g/mol. The topological polar surface area (TPSA) is 79.0 Å². The van der Waals surface area contributed by atoms with Gasteiger partial charge in [-0.3, -0.25) is 4.79 Å². The third-order valence-corrected chi connectivity index (χ3v) is 8.06. The Labute approximate surface area is 200 Å². The number of ether oxygens (including phenoxy) is 1. The molecule has 184 valence electrons. The molecule has 1 fully saturated rings. The fourth-order valence-electron chi connectivity index (χ4n) is 4.84. The summed E-state index contributed by atoms with van der Waals surface area (Å²) in [5, 5.41) is 3.02. The van der Waals surface area contributed by atoms with Crippen molar-refractivity contribution in [3.05, 3.63) is 58.9 Å². The van der Waals surface area contributed by atoms with Crippen molar-refractivity contribution in [2.75, 3.05) is 44.4 Å². The summed E-state index contributed by atoms with van der Waals surface area (Å²) < 4.78 is 44.0. The van der Waals surface area contributed by atoms with Crippen LogP contribution >= 0.6 is 0 Å². The average Bonchev–Trinajstić information content (AvgIpc) is 2.82. The predicted octanol–water partition coefficient (Wildman–Crippen LogP) is 3.19. The minimum absolute atomic E-state index is 0.114. The highest BCUT2D eigenvalue weighted by Crippen LogP contribution is 2.31. The molecule has 7 nitrogen and oxygen atoms in total. The van der Waals surface area contributed by atoms with Crippen LogP contribution in [-0.2, 0) is 23.0 Å². The van der Waals surface area contributed by atoms with E-state index >= 15 is 0 Å². The average molecular weight is 490 g/mol. The summed E-state index contributed by atoms with van der Waals surface area (Å²) in [4.78, 5) is 15.0. The van der Waals surface area contributed by atoms with Gasteiger partial charge in [-0.25, -0.2) is 17.1 Å². The molecule has 1 saturated heterocycles. The van der Waals surface area contributed by atoms with Crippen molar-refractivity contribution in [3.8, 4) is 5.75 Å². The first-order valence-electron chi connectivity index (χ1n) is 11.7. The molecule has 2 aromatic rings. The van der Waals surface area contributed by atoms with Gasteiger partial charge in [0.25, 0.3) is 5.91 Å². The Balaban J connectivity index is 1.38. The molecule has 2 aliphatic heterocycles. The van der Waals surface area contributed by atoms with Gasteiger partial charge in [0.1, 0.15) is 11.6 Å². The van der Waals surface area contributed by atoms with E-state index in [2.05, 4.69) is 10.2 Å². The van der Waals surface area contributed by atoms with Gasteiger partial charge in [0.05, 0.1) is 13.4 Å². The van der Waals surface area contributed by atoms with Crippen molar-refractivity contribution in [1.29, 1.82) is 0 Å². The van der Waals surface area contributed by atoms with Crippen molar-refractivity contribution >= 4 is 21.6 Å². The summed E-state index contributed by atoms with van der Waals surface area (Å²) >= 11 is 0. The number of carbonyl (C=O) groups is 1. The standard InChI is InChI=1S/C25H32FN3O4S/c1-33-24-8-6-22(26)15-21(24)17-28-11-3-4-19-14-20(5-7-23(19)28)25(30)27-16-18-9-12-29(13-10-18)34(2,31)32/h5-8,14-15,18H,3-4,9-13,16-17H2,1-2H3,(H,27,30). The van der Waals surface area contributed by atoms with Crippen LogP contribution in [0, 0.1) is 11.7 Å². The van der Waals surface area contributed by atoms with E-state index in [-0.39, 0.29) is 17.6 Å². The van der Waals surface area contributed by atoms with E-state index in [1.807, 2.05) is 18.2 Å². The fraction of sp³-hybridized carbons (Fsp3) is 0.480. The normalized spacial score (nSPS) is 17.3. The Morgan fingerprint density at radius 2 is 1.91 bits per heavy atom. The third kappa shape index (κ3) is 5.70. The molecule has 2 heterocycles. The van der Waals surface area contributed by atoms with E-state index < -0.39 is 10.0 Å². The highest BCUT2D eigenvalue weighted by molar-refractivity contribution is 7.88. The first-order chi connectivity index (χ1) is 16.2. The van der Waals surface area contributed by atoms with Gasteiger partial charge in [0.15, 0.2) is 0 Å². The number of fused-ring (bicyclic) bond motifs is 1. The zero-order chi connectivity index (χ0) is 24.3. The quantitative estimate of drug-likeness (QED) is 0.646. The minimum atomic E-state index is -3.15. The van der Waals surface area contributed by atoms with Crippen LogP contribution < -0.4 is 15.0 Å². The van der Waals surface area contributed by atoms with Crippen LogP contribution in [0.5, 0.6) is 5.75 Å². The van der Waals surface area contributed by atoms with Gasteiger partial charge in [-0.15, -0.1) is 0 Å². The Kier molecular flexibility index (Phi) is 7.42. The molecule has 0 aromatic heterocycles. The molecule has 0 aliphatic carbocycles. The molecule has 0 spiro atoms. The van der Waals surface area contributed by atoms with E-state index in [4.69, 9.17) is 4.74 Å². The van der Waals surface area contributed by atoms with Gasteiger partial charge < -0.3 is 15.0 Å². The lowest BCUT2D eigenvalue weighted by atomic mass is 9.97. The first kappa shape index (κ1) is 24.5. The van der Waals surface area contributed by atoms with Crippen molar-refractivity contribution in [1.82, 2.24) is 9.62 Å². The maximum Gasteiger partial charge on any atom is 0.251 e. The lowest BCUT2D eigenvalue weighted by molar-refractivity contribution is 0.0941. The predicted molar refractivity (Wildman–Crippen MR) is 130 cm³/mol. The molecular formula is C25H32FN3O4S. The molecule has 34 heavy (non-hydrogen) atoms. The number of hydrogen-bond donors (Lipinski definition) is 1. The Bertz CT molecular complexity index is 1150. The highest BCUT2D eigenvalue weighted by atomic mass is 32.2. The van der Waals surface area contributed by atoms with Gasteiger partial charge in [-0.1, -0.05) is 0 Å². The SMILES string of the molecule is COc1ccc(F)cc1CN1CCCc2cc(C(=O)NCC3CCN(S(C)(=O)=O)CC3)ccc21. The maximum absolute atomic E-state index is 13.8. The number of nitrogens with zero attached hydrogens (tertiary/aromatic N) is 2. The first-order valence-corrected chi connectivity index (χ1v) is 13.5. The van der Waals surface area contributed by atoms with Crippen LogP contribution in [0.3, 0.4) is 0 Å². The number of amides is 1. The lowest BCUT2D eigenvalue weighted by Crippen LogP contribution is -2.41. The van der Waals surface area contributed by atoms with Gasteiger partial charge in [-0.05, 0) is 73.6 Å². The van der Waals surface area contributed by atoms with E-state index in [1.165, 1.54) is 22.7 Å². The molecule has 1 amide bonds. The monoisotopic (exact) mass is 489 g/mol. The van der Waals surface area contributed by atoms with Gasteiger partial charge in [0, 0.05) is 49.5 Å². The third-order valence-electron chi connectivity index (χ3n) is 6.75. The van der Waals surface area contributed by atoms with E-state index in [0.29, 0.717) is 37.5 Å². The molecule has 9 heteroatoms. The van der Waals surface area contributed by atoms with Crippen LogP contribution in [0.15, 0.2) is 36.4 Å². The second-order valence-electron chi connectivity index (χ2n) is 9.14. The molecule has 0 unspecified atom stereocenters. The number of carbonyl (C=O) groups excluding carboxylic acids is 1. The Morgan fingerprint density at radius 1 is 1.15 bits per heavy atom. The summed E-state index contributed by atoms with van der Waals surface area (Å²) in [5.74, 6) is 0.530. The van der Waals surface area contributed by atoms with Crippen molar-refractivity contribution < 1.29 is 22.3 Å². The number of sulfonamides is 1. The number of nitrogens with one attached hydrogen (secondary N) is 1. The van der Waals surface area contributed by atoms with Crippen LogP contribution in [0.4, 0.5) is 10.1 Å². The van der Waals surface area contributed by atoms with Gasteiger partial charge >= 0.3 is 0 Å². The number of methoxy groups -OCH3 is 1. The number of benzene rings is 2. The summed E-state index contributed by atoms with van der Waals surface area (Å²) in [6, 6.07) is 10.3. The molecule has 0 saturated carbocycles. The number of aryl methyl sites for hydroxylation is 1. The van der Waals surface area contributed by atoms with Gasteiger partial charge in [0.2, 0.25) is 10.0 Å². The maximum atomic E-state index is 13.8. The van der Waals surface area contributed by atoms with Crippen LogP contribution in [0.25, 0.3) is 0 Å². The lowest BCUT2D eigenvalue weighted by Gasteiger charge is -2.32. The minimum Gasteiger partial charge on any atom is -0.496 e. The zero-order valence-electron chi connectivity index (χ0n) is 19.7. The Morgan fingerprint density at radius 3 is 2.62 bits per heavy atom. The summed E-state index contributed by atoms with van der Waals surface area (Å²) in [7, 11) is -1.56. The largest absolute Gasteiger partial charge is 0.496 e. The summed E-state index contributed by atoms with van der Waals surface area (Å²) in [5.41, 5.74) is 3.58. The summed E-state index contributed by atoms with van der Waals surface area (Å²) in [6.07, 6.45) is 4.57. The number of piperidine rings is 1. The summed E-state index contributed by atoms with van der Waals surface area (Å²) in [6.45, 7) is 2.93. The van der Waals surface area contributed by atoms with Gasteiger partial charge in [-0.2, -0.15) is 0 Å². The van der Waals surface area contributed by atoms with Crippen molar-refractivity contribution in [2.24, 2.45) is 5.92 Å². The number of halogens is 1. The smallest absolute Gasteiger partial charge is 0.251 e. The van der Waals surface area contributed by atoms with E-state index in [9.17, 15) is 17.6 Å². The second kappa shape index (κ2) is 10.3. The molecule has 2 aliphatic rings. The van der Waals surface area contributed by atoms with Crippen LogP contribution in [0.2, 0.25) is 0 Å². The molecule has 2 aromatic carbocycles. The molecule has 0 radical (unpaired) electrons. The highest BCUT2D eigenvalue weighted by Gasteiger charge is 2.25.